The number of amides is 1. The summed E-state index contributed by atoms with van der Waals surface area (Å²) in [7, 11) is -11.0. The van der Waals surface area contributed by atoms with E-state index in [1.165, 1.54) is 23.9 Å². The molecule has 342 valence electrons. The second-order valence-corrected chi connectivity index (χ2v) is 20.5. The second kappa shape index (κ2) is 21.6. The fourth-order valence-corrected chi connectivity index (χ4v) is 10.8. The van der Waals surface area contributed by atoms with Crippen LogP contribution < -0.4 is 14.9 Å². The molecule has 1 fully saturated rings. The topological polar surface area (TPSA) is 156 Å². The molecule has 6 rings (SSSR count). The zero-order valence-electron chi connectivity index (χ0n) is 34.9. The highest BCUT2D eigenvalue weighted by Crippen LogP contribution is 2.39. The minimum Gasteiger partial charge on any atom is -0.395 e. The van der Waals surface area contributed by atoms with Crippen LogP contribution in [0.3, 0.4) is 0 Å². The maximum atomic E-state index is 14.1. The molecule has 64 heavy (non-hydrogen) atoms. The molecule has 0 aromatic heterocycles. The van der Waals surface area contributed by atoms with E-state index >= 15 is 0 Å². The molecule has 4 N–H and O–H groups in total. The number of anilines is 2. The highest BCUT2D eigenvalue weighted by Gasteiger charge is 2.48. The van der Waals surface area contributed by atoms with Crippen LogP contribution in [0.5, 0.6) is 0 Å². The average molecular weight is 960 g/mol. The maximum absolute atomic E-state index is 14.1. The lowest BCUT2D eigenvalue weighted by molar-refractivity contribution is -0.0435. The molecule has 1 saturated heterocycles. The molecule has 1 heterocycles. The highest BCUT2D eigenvalue weighted by atomic mass is 35.5. The summed E-state index contributed by atoms with van der Waals surface area (Å²) in [5, 5.41) is 24.5. The Morgan fingerprint density at radius 1 is 0.891 bits per heavy atom. The number of rotatable bonds is 19. The average Bonchev–Trinajstić information content (AvgIpc) is 3.29. The summed E-state index contributed by atoms with van der Waals surface area (Å²) < 4.78 is 97.4. The number of sulfone groups is 1. The molecule has 1 aliphatic heterocycles. The van der Waals surface area contributed by atoms with Gasteiger partial charge in [-0.05, 0) is 115 Å². The van der Waals surface area contributed by atoms with Crippen molar-refractivity contribution in [2.24, 2.45) is 5.92 Å². The van der Waals surface area contributed by atoms with Crippen molar-refractivity contribution in [3.05, 3.63) is 137 Å². The predicted octanol–water partition coefficient (Wildman–Crippen LogP) is 8.65. The lowest BCUT2D eigenvalue weighted by Crippen LogP contribution is -2.36. The first-order valence-electron chi connectivity index (χ1n) is 20.7. The van der Waals surface area contributed by atoms with E-state index in [4.69, 9.17) is 11.6 Å². The minimum absolute atomic E-state index is 0.0225. The zero-order chi connectivity index (χ0) is 46.1. The number of likely N-dealkylation sites (N-methyl/N-ethyl adjacent to an activating group) is 1. The number of piperidine rings is 1. The molecule has 0 spiro atoms. The first-order chi connectivity index (χ1) is 30.5. The van der Waals surface area contributed by atoms with Crippen LogP contribution >= 0.6 is 23.4 Å². The van der Waals surface area contributed by atoms with Gasteiger partial charge in [0.2, 0.25) is 0 Å². The third-order valence-corrected chi connectivity index (χ3v) is 15.5. The van der Waals surface area contributed by atoms with E-state index in [-0.39, 0.29) is 18.1 Å². The predicted molar refractivity (Wildman–Crippen MR) is 246 cm³/mol. The number of alkyl halides is 3. The van der Waals surface area contributed by atoms with Gasteiger partial charge < -0.3 is 25.3 Å². The van der Waals surface area contributed by atoms with E-state index in [1.807, 2.05) is 95.4 Å². The van der Waals surface area contributed by atoms with Crippen LogP contribution in [0, 0.1) is 5.92 Å². The molecule has 1 amide bonds. The van der Waals surface area contributed by atoms with E-state index < -0.39 is 58.9 Å². The Morgan fingerprint density at radius 2 is 1.55 bits per heavy atom. The molecular formula is C46H50ClF3N4O7S3. The molecular weight excluding hydrogens is 909 g/mol. The third-order valence-electron chi connectivity index (χ3n) is 11.2. The van der Waals surface area contributed by atoms with Gasteiger partial charge in [0.1, 0.15) is 4.90 Å². The van der Waals surface area contributed by atoms with Crippen molar-refractivity contribution in [2.75, 3.05) is 55.3 Å². The molecule has 5 aromatic carbocycles. The van der Waals surface area contributed by atoms with Crippen molar-refractivity contribution >= 4 is 60.5 Å². The van der Waals surface area contributed by atoms with Gasteiger partial charge in [-0.15, -0.1) is 11.8 Å². The Bertz CT molecular complexity index is 2560. The number of aliphatic hydroxyl groups excluding tert-OH is 2. The van der Waals surface area contributed by atoms with Gasteiger partial charge in [-0.25, -0.2) is 21.6 Å². The summed E-state index contributed by atoms with van der Waals surface area (Å²) >= 11 is 7.49. The standard InChI is InChI=1S/C46H50ClF3N4O7S3/c1-2-53(28-29-55)25-24-36(31-62-38-8-4-3-5-9-38)51-42-21-20-39(30-43(42)63(58,59)46(48,49)50)64(60,61)52-45(57)34-14-18-37(19-15-34)54-26-22-33(23-27-54)44(56)41-11-7-6-10-40(41)32-12-16-35(47)17-13-32/h3-21,30,33,36,44,51,55-56H,2,22-29,31H2,1H3,(H,52,57)/t36?,44-/m1/s1. The third kappa shape index (κ3) is 12.2. The number of halogens is 4. The van der Waals surface area contributed by atoms with Crippen LogP contribution in [0.2, 0.25) is 5.02 Å². The Hall–Kier alpha value is -4.62. The smallest absolute Gasteiger partial charge is 0.395 e. The summed E-state index contributed by atoms with van der Waals surface area (Å²) in [4.78, 5) is 16.0. The number of carbonyl (C=O) groups is 1. The number of carbonyl (C=O) groups excluding carboxylic acids is 1. The van der Waals surface area contributed by atoms with Crippen molar-refractivity contribution in [3.8, 4) is 11.1 Å². The molecule has 0 saturated carbocycles. The molecule has 11 nitrogen and oxygen atoms in total. The molecule has 1 aliphatic rings. The van der Waals surface area contributed by atoms with E-state index in [1.54, 1.807) is 12.1 Å². The number of nitrogens with one attached hydrogen (secondary N) is 2. The number of sulfonamides is 1. The summed E-state index contributed by atoms with van der Waals surface area (Å²) in [5.74, 6) is -0.786. The van der Waals surface area contributed by atoms with E-state index in [0.717, 1.165) is 39.4 Å². The quantitative estimate of drug-likeness (QED) is 0.0588. The SMILES string of the molecule is CCN(CCO)CCC(CSc1ccccc1)Nc1ccc(S(=O)(=O)NC(=O)c2ccc(N3CCC([C@@H](O)c4ccccc4-c4ccc(Cl)cc4)CC3)cc2)cc1S(=O)(=O)C(F)(F)F. The lowest BCUT2D eigenvalue weighted by Gasteiger charge is -2.36. The van der Waals surface area contributed by atoms with Crippen molar-refractivity contribution in [2.45, 2.75) is 58.5 Å². The fraction of sp³-hybridized carbons (Fsp3) is 0.326. The number of hydrogen-bond donors (Lipinski definition) is 4. The first kappa shape index (κ1) is 48.8. The Balaban J connectivity index is 1.14. The van der Waals surface area contributed by atoms with Gasteiger partial charge in [-0.2, -0.15) is 13.2 Å². The van der Waals surface area contributed by atoms with Crippen LogP contribution in [-0.4, -0.2) is 94.5 Å². The number of aliphatic hydroxyl groups is 2. The van der Waals surface area contributed by atoms with Gasteiger partial charge in [-0.1, -0.05) is 73.1 Å². The van der Waals surface area contributed by atoms with Gasteiger partial charge in [-0.3, -0.25) is 4.79 Å². The molecule has 0 aliphatic carbocycles. The summed E-state index contributed by atoms with van der Waals surface area (Å²) in [6.07, 6.45) is 0.981. The van der Waals surface area contributed by atoms with Crippen molar-refractivity contribution in [3.63, 3.8) is 0 Å². The maximum Gasteiger partial charge on any atom is 0.501 e. The Labute approximate surface area is 381 Å². The van der Waals surface area contributed by atoms with Gasteiger partial charge in [0.05, 0.1) is 23.3 Å². The second-order valence-electron chi connectivity index (χ2n) is 15.4. The zero-order valence-corrected chi connectivity index (χ0v) is 38.1. The Kier molecular flexibility index (Phi) is 16.5. The normalized spacial score (nSPS) is 14.9. The number of thioether (sulfide) groups is 1. The van der Waals surface area contributed by atoms with E-state index in [0.29, 0.717) is 68.8 Å². The van der Waals surface area contributed by atoms with Crippen LogP contribution in [0.15, 0.2) is 136 Å². The summed E-state index contributed by atoms with van der Waals surface area (Å²) in [6, 6.07) is 32.2. The highest BCUT2D eigenvalue weighted by molar-refractivity contribution is 7.99. The summed E-state index contributed by atoms with van der Waals surface area (Å²) in [5.41, 5.74) is -2.83. The molecule has 2 atom stereocenters. The molecule has 0 bridgehead atoms. The molecule has 1 unspecified atom stereocenters. The van der Waals surface area contributed by atoms with E-state index in [2.05, 4.69) is 10.2 Å². The van der Waals surface area contributed by atoms with Crippen molar-refractivity contribution in [1.29, 1.82) is 0 Å². The Morgan fingerprint density at radius 3 is 2.19 bits per heavy atom. The largest absolute Gasteiger partial charge is 0.501 e. The minimum atomic E-state index is -6.09. The number of benzene rings is 5. The molecule has 18 heteroatoms. The van der Waals surface area contributed by atoms with Crippen LogP contribution in [0.4, 0.5) is 24.5 Å². The number of nitrogens with zero attached hydrogens (tertiary/aromatic N) is 2. The van der Waals surface area contributed by atoms with Crippen molar-refractivity contribution < 1.29 is 45.0 Å². The van der Waals surface area contributed by atoms with Crippen molar-refractivity contribution in [1.82, 2.24) is 9.62 Å². The van der Waals surface area contributed by atoms with E-state index in [9.17, 15) is 45.0 Å². The van der Waals surface area contributed by atoms with Gasteiger partial charge in [0, 0.05) is 59.1 Å². The number of hydrogen-bond acceptors (Lipinski definition) is 11. The monoisotopic (exact) mass is 958 g/mol. The first-order valence-corrected chi connectivity index (χ1v) is 25.0. The van der Waals surface area contributed by atoms with Gasteiger partial charge >= 0.3 is 5.51 Å². The van der Waals surface area contributed by atoms with Crippen LogP contribution in [0.25, 0.3) is 11.1 Å². The van der Waals surface area contributed by atoms with Gasteiger partial charge in [0.15, 0.2) is 0 Å². The summed E-state index contributed by atoms with van der Waals surface area (Å²) in [6.45, 7) is 4.37. The fourth-order valence-electron chi connectivity index (χ4n) is 7.61. The van der Waals surface area contributed by atoms with Crippen LogP contribution in [-0.2, 0) is 19.9 Å². The van der Waals surface area contributed by atoms with Gasteiger partial charge in [0.25, 0.3) is 25.8 Å². The lowest BCUT2D eigenvalue weighted by atomic mass is 9.84. The molecule has 5 aromatic rings. The molecule has 0 radical (unpaired) electrons. The van der Waals surface area contributed by atoms with Crippen LogP contribution in [0.1, 0.15) is 48.2 Å².